The van der Waals surface area contributed by atoms with E-state index in [-0.39, 0.29) is 19.4 Å². The molecule has 2 N–H and O–H groups in total. The summed E-state index contributed by atoms with van der Waals surface area (Å²) in [6.45, 7) is 1.08. The highest BCUT2D eigenvalue weighted by Gasteiger charge is 2.60. The minimum atomic E-state index is -4.59. The van der Waals surface area contributed by atoms with E-state index in [1.165, 1.54) is 6.92 Å². The van der Waals surface area contributed by atoms with Crippen molar-refractivity contribution < 1.29 is 23.4 Å². The highest BCUT2D eigenvalue weighted by atomic mass is 19.4. The summed E-state index contributed by atoms with van der Waals surface area (Å²) in [6, 6.07) is 0. The highest BCUT2D eigenvalue weighted by molar-refractivity contribution is 4.99. The molecule has 3 atom stereocenters. The minimum Gasteiger partial charge on any atom is -0.396 e. The van der Waals surface area contributed by atoms with Crippen molar-refractivity contribution in [1.29, 1.82) is 0 Å². The lowest BCUT2D eigenvalue weighted by Gasteiger charge is -2.30. The molecule has 0 aliphatic heterocycles. The Morgan fingerprint density at radius 2 is 2.00 bits per heavy atom. The van der Waals surface area contributed by atoms with Crippen LogP contribution in [0.2, 0.25) is 0 Å². The van der Waals surface area contributed by atoms with Crippen molar-refractivity contribution in [2.24, 2.45) is 11.8 Å². The summed E-state index contributed by atoms with van der Waals surface area (Å²) in [6.07, 6.45) is -4.74. The van der Waals surface area contributed by atoms with E-state index in [9.17, 15) is 18.3 Å². The van der Waals surface area contributed by atoms with Gasteiger partial charge in [0.05, 0.1) is 0 Å². The molecule has 0 heterocycles. The zero-order valence-electron chi connectivity index (χ0n) is 7.30. The van der Waals surface area contributed by atoms with Crippen LogP contribution in [0, 0.1) is 11.8 Å². The van der Waals surface area contributed by atoms with Gasteiger partial charge < -0.3 is 10.2 Å². The van der Waals surface area contributed by atoms with E-state index in [1.54, 1.807) is 0 Å². The third kappa shape index (κ3) is 1.67. The van der Waals surface area contributed by atoms with Crippen LogP contribution in [0.1, 0.15) is 19.8 Å². The molecule has 0 bridgehead atoms. The van der Waals surface area contributed by atoms with Crippen LogP contribution in [0.15, 0.2) is 0 Å². The molecule has 0 saturated heterocycles. The summed E-state index contributed by atoms with van der Waals surface area (Å²) in [5.41, 5.74) is -2.60. The molecule has 3 unspecified atom stereocenters. The fourth-order valence-corrected chi connectivity index (χ4v) is 1.95. The van der Waals surface area contributed by atoms with Crippen molar-refractivity contribution in [3.05, 3.63) is 0 Å². The maximum Gasteiger partial charge on any atom is 0.417 e. The lowest BCUT2D eigenvalue weighted by Crippen LogP contribution is -2.47. The van der Waals surface area contributed by atoms with Crippen molar-refractivity contribution in [3.8, 4) is 0 Å². The highest BCUT2D eigenvalue weighted by Crippen LogP contribution is 2.48. The molecule has 0 spiro atoms. The Kier molecular flexibility index (Phi) is 2.60. The van der Waals surface area contributed by atoms with E-state index in [0.717, 1.165) is 0 Å². The number of hydrogen-bond donors (Lipinski definition) is 2. The van der Waals surface area contributed by atoms with Gasteiger partial charge in [-0.1, -0.05) is 6.92 Å². The first-order valence-electron chi connectivity index (χ1n) is 4.21. The average Bonchev–Trinajstić information content (AvgIpc) is 2.28. The van der Waals surface area contributed by atoms with E-state index in [1.807, 2.05) is 0 Å². The van der Waals surface area contributed by atoms with Gasteiger partial charge in [-0.2, -0.15) is 13.2 Å². The van der Waals surface area contributed by atoms with E-state index >= 15 is 0 Å². The van der Waals surface area contributed by atoms with Gasteiger partial charge in [0.25, 0.3) is 0 Å². The molecular formula is C8H13F3O2. The van der Waals surface area contributed by atoms with E-state index in [4.69, 9.17) is 5.11 Å². The number of hydrogen-bond acceptors (Lipinski definition) is 2. The van der Waals surface area contributed by atoms with Gasteiger partial charge in [0.1, 0.15) is 0 Å². The van der Waals surface area contributed by atoms with Gasteiger partial charge in [0.2, 0.25) is 0 Å². The number of aliphatic hydroxyl groups is 2. The second-order valence-corrected chi connectivity index (χ2v) is 3.81. The van der Waals surface area contributed by atoms with Gasteiger partial charge in [-0.05, 0) is 24.7 Å². The van der Waals surface area contributed by atoms with Gasteiger partial charge >= 0.3 is 6.18 Å². The Bertz CT molecular complexity index is 192. The van der Waals surface area contributed by atoms with E-state index in [0.29, 0.717) is 0 Å². The lowest BCUT2D eigenvalue weighted by atomic mass is 9.92. The van der Waals surface area contributed by atoms with Gasteiger partial charge in [0, 0.05) is 6.61 Å². The second-order valence-electron chi connectivity index (χ2n) is 3.81. The van der Waals surface area contributed by atoms with Crippen LogP contribution in [0.3, 0.4) is 0 Å². The number of rotatable bonds is 1. The van der Waals surface area contributed by atoms with Crippen LogP contribution >= 0.6 is 0 Å². The smallest absolute Gasteiger partial charge is 0.396 e. The fraction of sp³-hybridized carbons (Fsp3) is 1.00. The lowest BCUT2D eigenvalue weighted by molar-refractivity contribution is -0.271. The topological polar surface area (TPSA) is 40.5 Å². The van der Waals surface area contributed by atoms with Crippen LogP contribution in [0.5, 0.6) is 0 Å². The Balaban J connectivity index is 2.81. The third-order valence-corrected chi connectivity index (χ3v) is 2.85. The first kappa shape index (κ1) is 10.8. The molecule has 13 heavy (non-hydrogen) atoms. The molecule has 0 aromatic rings. The van der Waals surface area contributed by atoms with Crippen LogP contribution in [-0.2, 0) is 0 Å². The zero-order chi connectivity index (χ0) is 10.3. The zero-order valence-corrected chi connectivity index (χ0v) is 7.30. The minimum absolute atomic E-state index is 0.229. The second kappa shape index (κ2) is 3.13. The molecule has 5 heteroatoms. The molecule has 0 aromatic heterocycles. The Morgan fingerprint density at radius 3 is 2.23 bits per heavy atom. The Labute approximate surface area is 74.4 Å². The first-order chi connectivity index (χ1) is 5.81. The molecule has 0 aromatic carbocycles. The van der Waals surface area contributed by atoms with Gasteiger partial charge in [0.15, 0.2) is 5.60 Å². The van der Waals surface area contributed by atoms with Crippen LogP contribution in [0.25, 0.3) is 0 Å². The Hall–Kier alpha value is -0.290. The molecular weight excluding hydrogens is 185 g/mol. The number of aliphatic hydroxyl groups excluding tert-OH is 1. The van der Waals surface area contributed by atoms with Crippen LogP contribution in [0.4, 0.5) is 13.2 Å². The van der Waals surface area contributed by atoms with Gasteiger partial charge in [-0.15, -0.1) is 0 Å². The quantitative estimate of drug-likeness (QED) is 0.667. The molecule has 1 saturated carbocycles. The van der Waals surface area contributed by atoms with Gasteiger partial charge in [-0.3, -0.25) is 0 Å². The summed E-state index contributed by atoms with van der Waals surface area (Å²) in [5.74, 6) is -1.26. The summed E-state index contributed by atoms with van der Waals surface area (Å²) >= 11 is 0. The fourth-order valence-electron chi connectivity index (χ4n) is 1.95. The van der Waals surface area contributed by atoms with Crippen molar-refractivity contribution in [2.45, 2.75) is 31.5 Å². The largest absolute Gasteiger partial charge is 0.417 e. The van der Waals surface area contributed by atoms with E-state index < -0.39 is 23.6 Å². The molecule has 0 amide bonds. The molecule has 1 fully saturated rings. The normalized spacial score (nSPS) is 41.1. The Morgan fingerprint density at radius 1 is 1.46 bits per heavy atom. The van der Waals surface area contributed by atoms with Crippen molar-refractivity contribution in [3.63, 3.8) is 0 Å². The maximum absolute atomic E-state index is 12.4. The molecule has 1 aliphatic carbocycles. The SMILES string of the molecule is CC1CC(CO)CC1(O)C(F)(F)F. The molecule has 1 aliphatic rings. The molecule has 1 rings (SSSR count). The molecule has 2 nitrogen and oxygen atoms in total. The predicted molar refractivity (Wildman–Crippen MR) is 40.0 cm³/mol. The summed E-state index contributed by atoms with van der Waals surface area (Å²) in [5, 5.41) is 18.1. The van der Waals surface area contributed by atoms with Gasteiger partial charge in [-0.25, -0.2) is 0 Å². The van der Waals surface area contributed by atoms with Crippen molar-refractivity contribution in [1.82, 2.24) is 0 Å². The molecule has 78 valence electrons. The summed E-state index contributed by atoms with van der Waals surface area (Å²) in [7, 11) is 0. The molecule has 0 radical (unpaired) electrons. The first-order valence-corrected chi connectivity index (χ1v) is 4.21. The van der Waals surface area contributed by atoms with Crippen LogP contribution in [-0.4, -0.2) is 28.6 Å². The van der Waals surface area contributed by atoms with Crippen molar-refractivity contribution in [2.75, 3.05) is 6.61 Å². The monoisotopic (exact) mass is 198 g/mol. The third-order valence-electron chi connectivity index (χ3n) is 2.85. The number of alkyl halides is 3. The predicted octanol–water partition coefficient (Wildman–Crippen LogP) is 1.32. The standard InChI is InChI=1S/C8H13F3O2/c1-5-2-6(4-12)3-7(5,13)8(9,10)11/h5-6,12-13H,2-4H2,1H3. The summed E-state index contributed by atoms with van der Waals surface area (Å²) in [4.78, 5) is 0. The van der Waals surface area contributed by atoms with E-state index in [2.05, 4.69) is 0 Å². The number of halogens is 3. The van der Waals surface area contributed by atoms with Crippen molar-refractivity contribution >= 4 is 0 Å². The van der Waals surface area contributed by atoms with Crippen LogP contribution < -0.4 is 0 Å². The summed E-state index contributed by atoms with van der Waals surface area (Å²) < 4.78 is 37.1. The average molecular weight is 198 g/mol. The maximum atomic E-state index is 12.4.